The van der Waals surface area contributed by atoms with Crippen LogP contribution < -0.4 is 5.73 Å². The lowest BCUT2D eigenvalue weighted by molar-refractivity contribution is -0.105. The molecule has 4 rings (SSSR count). The predicted molar refractivity (Wildman–Crippen MR) is 84.3 cm³/mol. The zero-order valence-electron chi connectivity index (χ0n) is 13.5. The SMILES string of the molecule is C[C@@]12CCC(N)[C@H]1[C@@H]1CC[C@H]3CCCC[C@]3(C)[C@H]1CC2. The van der Waals surface area contributed by atoms with E-state index in [2.05, 4.69) is 13.8 Å². The van der Waals surface area contributed by atoms with Crippen molar-refractivity contribution in [1.29, 1.82) is 0 Å². The summed E-state index contributed by atoms with van der Waals surface area (Å²) in [5, 5.41) is 0. The highest BCUT2D eigenvalue weighted by molar-refractivity contribution is 5.09. The Hall–Kier alpha value is -0.0400. The molecule has 1 unspecified atom stereocenters. The van der Waals surface area contributed by atoms with E-state index in [1.54, 1.807) is 0 Å². The summed E-state index contributed by atoms with van der Waals surface area (Å²) in [5.74, 6) is 3.86. The molecule has 114 valence electrons. The standard InChI is InChI=1S/C19H33N/c1-18-11-8-15-14(17(18)16(20)9-12-18)7-6-13-5-3-4-10-19(13,15)2/h13-17H,3-12,20H2,1-2H3/t13-,14-,15+,16?,17-,18-,19+/m1/s1. The first-order valence-corrected chi connectivity index (χ1v) is 9.30. The minimum absolute atomic E-state index is 0.511. The molecule has 0 spiro atoms. The van der Waals surface area contributed by atoms with Crippen LogP contribution >= 0.6 is 0 Å². The Kier molecular flexibility index (Phi) is 3.05. The maximum absolute atomic E-state index is 6.59. The number of hydrogen-bond acceptors (Lipinski definition) is 1. The van der Waals surface area contributed by atoms with Crippen LogP contribution in [-0.4, -0.2) is 6.04 Å². The summed E-state index contributed by atoms with van der Waals surface area (Å²) in [7, 11) is 0. The Morgan fingerprint density at radius 1 is 0.850 bits per heavy atom. The van der Waals surface area contributed by atoms with Gasteiger partial charge in [-0.15, -0.1) is 0 Å². The topological polar surface area (TPSA) is 26.0 Å². The Bertz CT molecular complexity index is 391. The van der Waals surface area contributed by atoms with Crippen molar-refractivity contribution in [2.75, 3.05) is 0 Å². The molecular weight excluding hydrogens is 242 g/mol. The average molecular weight is 275 g/mol. The molecule has 1 nitrogen and oxygen atoms in total. The van der Waals surface area contributed by atoms with Crippen LogP contribution in [0.15, 0.2) is 0 Å². The van der Waals surface area contributed by atoms with Gasteiger partial charge in [-0.3, -0.25) is 0 Å². The lowest BCUT2D eigenvalue weighted by Crippen LogP contribution is -2.54. The van der Waals surface area contributed by atoms with E-state index in [0.717, 1.165) is 23.7 Å². The first kappa shape index (κ1) is 13.6. The van der Waals surface area contributed by atoms with Crippen molar-refractivity contribution in [3.8, 4) is 0 Å². The van der Waals surface area contributed by atoms with Crippen LogP contribution in [0.5, 0.6) is 0 Å². The van der Waals surface area contributed by atoms with E-state index in [9.17, 15) is 0 Å². The molecule has 0 saturated heterocycles. The molecule has 7 atom stereocenters. The van der Waals surface area contributed by atoms with Crippen molar-refractivity contribution in [3.63, 3.8) is 0 Å². The molecular formula is C19H33N. The van der Waals surface area contributed by atoms with E-state index in [1.807, 2.05) is 0 Å². The molecule has 0 bridgehead atoms. The molecule has 20 heavy (non-hydrogen) atoms. The van der Waals surface area contributed by atoms with Crippen LogP contribution in [0.4, 0.5) is 0 Å². The van der Waals surface area contributed by atoms with Crippen LogP contribution in [0.2, 0.25) is 0 Å². The largest absolute Gasteiger partial charge is 0.327 e. The number of rotatable bonds is 0. The van der Waals surface area contributed by atoms with Gasteiger partial charge in [0.15, 0.2) is 0 Å². The second-order valence-electron chi connectivity index (χ2n) is 9.22. The van der Waals surface area contributed by atoms with Gasteiger partial charge in [0.05, 0.1) is 0 Å². The second-order valence-corrected chi connectivity index (χ2v) is 9.22. The van der Waals surface area contributed by atoms with Gasteiger partial charge in [0, 0.05) is 6.04 Å². The summed E-state index contributed by atoms with van der Waals surface area (Å²) in [4.78, 5) is 0. The van der Waals surface area contributed by atoms with Gasteiger partial charge < -0.3 is 5.73 Å². The molecule has 4 aliphatic carbocycles. The normalized spacial score (nSPS) is 58.6. The molecule has 4 saturated carbocycles. The van der Waals surface area contributed by atoms with Crippen LogP contribution in [0, 0.1) is 34.5 Å². The van der Waals surface area contributed by atoms with Crippen molar-refractivity contribution in [3.05, 3.63) is 0 Å². The van der Waals surface area contributed by atoms with Gasteiger partial charge in [-0.1, -0.05) is 26.7 Å². The first-order chi connectivity index (χ1) is 9.55. The Morgan fingerprint density at radius 3 is 2.50 bits per heavy atom. The third-order valence-corrected chi connectivity index (χ3v) is 8.47. The van der Waals surface area contributed by atoms with E-state index in [4.69, 9.17) is 5.73 Å². The smallest absolute Gasteiger partial charge is 0.00753 e. The average Bonchev–Trinajstić information content (AvgIpc) is 2.74. The minimum Gasteiger partial charge on any atom is -0.327 e. The molecule has 0 amide bonds. The van der Waals surface area contributed by atoms with Gasteiger partial charge in [-0.2, -0.15) is 0 Å². The van der Waals surface area contributed by atoms with Gasteiger partial charge in [0.1, 0.15) is 0 Å². The zero-order valence-corrected chi connectivity index (χ0v) is 13.5. The van der Waals surface area contributed by atoms with E-state index in [1.165, 1.54) is 64.2 Å². The fourth-order valence-corrected chi connectivity index (χ4v) is 7.42. The van der Waals surface area contributed by atoms with Crippen LogP contribution in [0.25, 0.3) is 0 Å². The third-order valence-electron chi connectivity index (χ3n) is 8.47. The quantitative estimate of drug-likeness (QED) is 0.678. The molecule has 2 N–H and O–H groups in total. The maximum atomic E-state index is 6.59. The summed E-state index contributed by atoms with van der Waals surface area (Å²) >= 11 is 0. The number of hydrogen-bond donors (Lipinski definition) is 1. The third kappa shape index (κ3) is 1.71. The van der Waals surface area contributed by atoms with Gasteiger partial charge in [0.2, 0.25) is 0 Å². The summed E-state index contributed by atoms with van der Waals surface area (Å²) in [6, 6.07) is 0.511. The van der Waals surface area contributed by atoms with E-state index in [0.29, 0.717) is 16.9 Å². The Labute approximate surface area is 125 Å². The lowest BCUT2D eigenvalue weighted by atomic mass is 9.45. The second kappa shape index (κ2) is 4.48. The maximum Gasteiger partial charge on any atom is 0.00753 e. The Balaban J connectivity index is 1.66. The van der Waals surface area contributed by atoms with Gasteiger partial charge in [0.25, 0.3) is 0 Å². The number of nitrogens with two attached hydrogens (primary N) is 1. The van der Waals surface area contributed by atoms with E-state index < -0.39 is 0 Å². The summed E-state index contributed by atoms with van der Waals surface area (Å²) < 4.78 is 0. The molecule has 0 aromatic carbocycles. The number of fused-ring (bicyclic) bond motifs is 5. The molecule has 4 aliphatic rings. The molecule has 4 fully saturated rings. The van der Waals surface area contributed by atoms with Crippen molar-refractivity contribution in [1.82, 2.24) is 0 Å². The molecule has 0 aliphatic heterocycles. The summed E-state index contributed by atoms with van der Waals surface area (Å²) in [6.07, 6.45) is 14.7. The van der Waals surface area contributed by atoms with Crippen LogP contribution in [0.1, 0.15) is 78.1 Å². The summed E-state index contributed by atoms with van der Waals surface area (Å²) in [5.41, 5.74) is 7.86. The molecule has 1 heteroatoms. The molecule has 0 radical (unpaired) electrons. The first-order valence-electron chi connectivity index (χ1n) is 9.30. The predicted octanol–water partition coefficient (Wildman–Crippen LogP) is 4.75. The minimum atomic E-state index is 0.511. The summed E-state index contributed by atoms with van der Waals surface area (Å²) in [6.45, 7) is 5.23. The van der Waals surface area contributed by atoms with Gasteiger partial charge >= 0.3 is 0 Å². The van der Waals surface area contributed by atoms with Crippen molar-refractivity contribution >= 4 is 0 Å². The molecule has 0 aromatic heterocycles. The van der Waals surface area contributed by atoms with E-state index in [-0.39, 0.29) is 0 Å². The Morgan fingerprint density at radius 2 is 1.65 bits per heavy atom. The lowest BCUT2D eigenvalue weighted by Gasteiger charge is -2.60. The zero-order chi connectivity index (χ0) is 14.0. The fraction of sp³-hybridized carbons (Fsp3) is 1.00. The van der Waals surface area contributed by atoms with Crippen LogP contribution in [-0.2, 0) is 0 Å². The molecule has 0 heterocycles. The highest BCUT2D eigenvalue weighted by atomic mass is 14.8. The van der Waals surface area contributed by atoms with Crippen LogP contribution in [0.3, 0.4) is 0 Å². The monoisotopic (exact) mass is 275 g/mol. The van der Waals surface area contributed by atoms with Gasteiger partial charge in [-0.25, -0.2) is 0 Å². The van der Waals surface area contributed by atoms with Gasteiger partial charge in [-0.05, 0) is 85.9 Å². The van der Waals surface area contributed by atoms with E-state index >= 15 is 0 Å². The fourth-order valence-electron chi connectivity index (χ4n) is 7.42. The van der Waals surface area contributed by atoms with Crippen molar-refractivity contribution in [2.45, 2.75) is 84.1 Å². The van der Waals surface area contributed by atoms with Crippen molar-refractivity contribution in [2.24, 2.45) is 40.2 Å². The highest BCUT2D eigenvalue weighted by Crippen LogP contribution is 2.65. The highest BCUT2D eigenvalue weighted by Gasteiger charge is 2.58. The van der Waals surface area contributed by atoms with Crippen molar-refractivity contribution < 1.29 is 0 Å². The molecule has 0 aromatic rings.